The lowest BCUT2D eigenvalue weighted by atomic mass is 9.92. The maximum Gasteiger partial charge on any atom is 0.243 e. The molecule has 4 rings (SSSR count). The minimum atomic E-state index is -2.83. The number of rotatable bonds is 10. The number of nitrogens with zero attached hydrogens (tertiary/aromatic N) is 2. The maximum absolute atomic E-state index is 14.5. The van der Waals surface area contributed by atoms with Crippen LogP contribution < -0.4 is 15.9 Å². The van der Waals surface area contributed by atoms with Gasteiger partial charge >= 0.3 is 0 Å². The topological polar surface area (TPSA) is 62.3 Å². The fourth-order valence-electron chi connectivity index (χ4n) is 4.70. The van der Waals surface area contributed by atoms with Crippen molar-refractivity contribution in [3.05, 3.63) is 96.8 Å². The quantitative estimate of drug-likeness (QED) is 0.248. The van der Waals surface area contributed by atoms with Gasteiger partial charge in [0, 0.05) is 48.7 Å². The molecule has 0 radical (unpaired) electrons. The van der Waals surface area contributed by atoms with Crippen LogP contribution in [0.15, 0.2) is 91.3 Å². The van der Waals surface area contributed by atoms with Gasteiger partial charge in [-0.25, -0.2) is 4.67 Å². The summed E-state index contributed by atoms with van der Waals surface area (Å²) >= 11 is 0. The number of benzene rings is 2. The summed E-state index contributed by atoms with van der Waals surface area (Å²) in [6, 6.07) is 23.6. The second-order valence-corrected chi connectivity index (χ2v) is 11.8. The van der Waals surface area contributed by atoms with Gasteiger partial charge < -0.3 is 5.32 Å². The third kappa shape index (κ3) is 6.78. The van der Waals surface area contributed by atoms with Gasteiger partial charge in [-0.2, -0.15) is 0 Å². The van der Waals surface area contributed by atoms with Crippen molar-refractivity contribution in [2.75, 3.05) is 19.6 Å². The first-order valence-corrected chi connectivity index (χ1v) is 14.1. The molecule has 1 N–H and O–H groups in total. The number of carbonyl (C=O) groups is 1. The minimum absolute atomic E-state index is 0.0697. The van der Waals surface area contributed by atoms with E-state index < -0.39 is 7.29 Å². The fourth-order valence-corrected chi connectivity index (χ4v) is 7.60. The zero-order valence-electron chi connectivity index (χ0n) is 20.1. The Kier molecular flexibility index (Phi) is 9.05. The van der Waals surface area contributed by atoms with Crippen molar-refractivity contribution < 1.29 is 9.36 Å². The van der Waals surface area contributed by atoms with Crippen LogP contribution in [0.3, 0.4) is 0 Å². The van der Waals surface area contributed by atoms with Gasteiger partial charge in [0.15, 0.2) is 0 Å². The first-order chi connectivity index (χ1) is 17.2. The molecule has 1 aliphatic rings. The molecule has 1 aromatic heterocycles. The summed E-state index contributed by atoms with van der Waals surface area (Å²) < 4.78 is 16.7. The summed E-state index contributed by atoms with van der Waals surface area (Å²) in [6.07, 6.45) is 12.1. The zero-order valence-corrected chi connectivity index (χ0v) is 21.0. The molecule has 1 amide bonds. The highest BCUT2D eigenvalue weighted by molar-refractivity contribution is 7.76. The van der Waals surface area contributed by atoms with Crippen LogP contribution in [0, 0.1) is 5.92 Å². The fraction of sp³-hybridized carbons (Fsp3) is 0.310. The molecule has 182 valence electrons. The molecule has 3 aromatic rings. The third-order valence-corrected chi connectivity index (χ3v) is 9.84. The number of aromatic nitrogens is 1. The van der Waals surface area contributed by atoms with Crippen LogP contribution in [-0.2, 0) is 9.36 Å². The summed E-state index contributed by atoms with van der Waals surface area (Å²) in [5.41, 5.74) is 0.915. The van der Waals surface area contributed by atoms with Crippen LogP contribution in [0.25, 0.3) is 6.08 Å². The Morgan fingerprint density at radius 1 is 0.943 bits per heavy atom. The maximum atomic E-state index is 14.5. The minimum Gasteiger partial charge on any atom is -0.353 e. The number of hydrogen-bond donors (Lipinski definition) is 1. The van der Waals surface area contributed by atoms with E-state index in [1.807, 2.05) is 72.8 Å². The zero-order chi connectivity index (χ0) is 24.3. The Hall–Kier alpha value is -3.01. The van der Waals surface area contributed by atoms with E-state index in [0.717, 1.165) is 61.4 Å². The van der Waals surface area contributed by atoms with Crippen LogP contribution in [-0.4, -0.2) is 35.2 Å². The average Bonchev–Trinajstić information content (AvgIpc) is 2.93. The molecule has 0 unspecified atom stereocenters. The van der Waals surface area contributed by atoms with Gasteiger partial charge in [-0.05, 0) is 67.2 Å². The summed E-state index contributed by atoms with van der Waals surface area (Å²) in [5, 5.41) is 4.79. The number of piperidine rings is 1. The molecular weight excluding hydrogens is 453 g/mol. The normalized spacial score (nSPS) is 15.3. The molecular formula is C29H34N3O2P. The highest BCUT2D eigenvalue weighted by atomic mass is 31.2. The molecule has 0 bridgehead atoms. The lowest BCUT2D eigenvalue weighted by molar-refractivity contribution is -0.116. The van der Waals surface area contributed by atoms with Gasteiger partial charge in [-0.15, -0.1) is 0 Å². The number of hydrogen-bond acceptors (Lipinski definition) is 3. The summed E-state index contributed by atoms with van der Waals surface area (Å²) in [5.74, 6) is 0.576. The van der Waals surface area contributed by atoms with Crippen molar-refractivity contribution in [1.82, 2.24) is 15.0 Å². The predicted octanol–water partition coefficient (Wildman–Crippen LogP) is 5.02. The average molecular weight is 488 g/mol. The smallest absolute Gasteiger partial charge is 0.243 e. The lowest BCUT2D eigenvalue weighted by Gasteiger charge is -2.38. The van der Waals surface area contributed by atoms with Crippen LogP contribution in [0.5, 0.6) is 0 Å². The van der Waals surface area contributed by atoms with E-state index in [4.69, 9.17) is 0 Å². The van der Waals surface area contributed by atoms with Crippen LogP contribution in [0.1, 0.15) is 37.7 Å². The van der Waals surface area contributed by atoms with Crippen LogP contribution in [0.2, 0.25) is 0 Å². The van der Waals surface area contributed by atoms with Crippen molar-refractivity contribution in [2.45, 2.75) is 32.1 Å². The van der Waals surface area contributed by atoms with Gasteiger partial charge in [0.1, 0.15) is 0 Å². The molecule has 0 spiro atoms. The van der Waals surface area contributed by atoms with Crippen molar-refractivity contribution in [3.63, 3.8) is 0 Å². The van der Waals surface area contributed by atoms with E-state index in [9.17, 15) is 9.36 Å². The van der Waals surface area contributed by atoms with Gasteiger partial charge in [-0.1, -0.05) is 55.3 Å². The Bertz CT molecular complexity index is 1080. The van der Waals surface area contributed by atoms with Gasteiger partial charge in [0.05, 0.1) is 0 Å². The Morgan fingerprint density at radius 3 is 2.20 bits per heavy atom. The van der Waals surface area contributed by atoms with E-state index in [2.05, 4.69) is 15.0 Å². The number of carbonyl (C=O) groups excluding carboxylic acids is 1. The van der Waals surface area contributed by atoms with E-state index in [-0.39, 0.29) is 5.91 Å². The second kappa shape index (κ2) is 12.6. The highest BCUT2D eigenvalue weighted by Crippen LogP contribution is 2.49. The molecule has 1 fully saturated rings. The largest absolute Gasteiger partial charge is 0.353 e. The van der Waals surface area contributed by atoms with Gasteiger partial charge in [0.2, 0.25) is 13.2 Å². The highest BCUT2D eigenvalue weighted by Gasteiger charge is 2.36. The summed E-state index contributed by atoms with van der Waals surface area (Å²) in [4.78, 5) is 16.0. The number of amides is 1. The SMILES string of the molecule is O=C(/C=C\c1cccnc1)NCCCCC1CCN(P(=O)(c2ccccc2)c2ccccc2)CC1. The third-order valence-electron chi connectivity index (χ3n) is 6.65. The standard InChI is InChI=1S/C29H34N3O2P/c33-29(17-16-26-11-9-20-30-24-26)31-21-8-7-10-25-18-22-32(23-19-25)35(34,27-12-3-1-4-13-27)28-14-5-2-6-15-28/h1-6,9,11-17,20,24-25H,7-8,10,18-19,21-23H2,(H,31,33)/b17-16-. The van der Waals surface area contributed by atoms with Crippen molar-refractivity contribution in [3.8, 4) is 0 Å². The van der Waals surface area contributed by atoms with Gasteiger partial charge in [0.25, 0.3) is 0 Å². The molecule has 1 saturated heterocycles. The first-order valence-electron chi connectivity index (χ1n) is 12.5. The molecule has 6 heteroatoms. The van der Waals surface area contributed by atoms with Crippen molar-refractivity contribution >= 4 is 29.9 Å². The predicted molar refractivity (Wildman–Crippen MR) is 144 cm³/mol. The molecule has 1 aliphatic heterocycles. The van der Waals surface area contributed by atoms with Crippen molar-refractivity contribution in [1.29, 1.82) is 0 Å². The molecule has 35 heavy (non-hydrogen) atoms. The Labute approximate surface area is 208 Å². The monoisotopic (exact) mass is 487 g/mol. The number of pyridine rings is 1. The molecule has 2 heterocycles. The molecule has 0 aliphatic carbocycles. The van der Waals surface area contributed by atoms with Gasteiger partial charge in [-0.3, -0.25) is 14.3 Å². The van der Waals surface area contributed by atoms with Crippen LogP contribution >= 0.6 is 7.29 Å². The molecule has 5 nitrogen and oxygen atoms in total. The van der Waals surface area contributed by atoms with Crippen molar-refractivity contribution in [2.24, 2.45) is 5.92 Å². The van der Waals surface area contributed by atoms with E-state index in [1.54, 1.807) is 24.5 Å². The molecule has 0 saturated carbocycles. The number of unbranched alkanes of at least 4 members (excludes halogenated alkanes) is 1. The Morgan fingerprint density at radius 2 is 1.60 bits per heavy atom. The Balaban J connectivity index is 1.22. The van der Waals surface area contributed by atoms with E-state index in [0.29, 0.717) is 12.5 Å². The lowest BCUT2D eigenvalue weighted by Crippen LogP contribution is -2.38. The molecule has 0 atom stereocenters. The van der Waals surface area contributed by atoms with E-state index >= 15 is 0 Å². The summed E-state index contributed by atoms with van der Waals surface area (Å²) in [7, 11) is -2.83. The van der Waals surface area contributed by atoms with Crippen LogP contribution in [0.4, 0.5) is 0 Å². The number of nitrogens with one attached hydrogen (secondary N) is 1. The second-order valence-electron chi connectivity index (χ2n) is 9.05. The van der Waals surface area contributed by atoms with E-state index in [1.165, 1.54) is 0 Å². The summed E-state index contributed by atoms with van der Waals surface area (Å²) in [6.45, 7) is 2.38. The molecule has 2 aromatic carbocycles. The first kappa shape index (κ1) is 25.1.